The van der Waals surface area contributed by atoms with Gasteiger partial charge in [0.25, 0.3) is 0 Å². The highest BCUT2D eigenvalue weighted by molar-refractivity contribution is 5.33. The Morgan fingerprint density at radius 2 is 2.00 bits per heavy atom. The van der Waals surface area contributed by atoms with E-state index in [-0.39, 0.29) is 12.1 Å². The standard InChI is InChI=1S/C17H24N2O2/c1-4-14(18)17(16-10-7-11-21-16)19(2)12-13-8-5-6-9-15(13)20-3/h5-11,14,17H,4,12,18H2,1-3H3. The predicted octanol–water partition coefficient (Wildman–Crippen LogP) is 3.20. The van der Waals surface area contributed by atoms with Crippen molar-refractivity contribution in [3.8, 4) is 5.75 Å². The molecular formula is C17H24N2O2. The third-order valence-electron chi connectivity index (χ3n) is 3.80. The highest BCUT2D eigenvalue weighted by Crippen LogP contribution is 2.28. The molecule has 2 N–H and O–H groups in total. The quantitative estimate of drug-likeness (QED) is 0.850. The van der Waals surface area contributed by atoms with Gasteiger partial charge in [-0.3, -0.25) is 4.90 Å². The van der Waals surface area contributed by atoms with E-state index < -0.39 is 0 Å². The first kappa shape index (κ1) is 15.6. The first-order valence-corrected chi connectivity index (χ1v) is 7.28. The Morgan fingerprint density at radius 3 is 2.62 bits per heavy atom. The van der Waals surface area contributed by atoms with Crippen LogP contribution in [0, 0.1) is 0 Å². The topological polar surface area (TPSA) is 51.6 Å². The van der Waals surface area contributed by atoms with Crippen molar-refractivity contribution in [3.05, 3.63) is 54.0 Å². The van der Waals surface area contributed by atoms with Gasteiger partial charge in [-0.15, -0.1) is 0 Å². The molecule has 4 nitrogen and oxygen atoms in total. The van der Waals surface area contributed by atoms with E-state index in [1.165, 1.54) is 0 Å². The van der Waals surface area contributed by atoms with Crippen molar-refractivity contribution in [2.24, 2.45) is 5.73 Å². The number of hydrogen-bond donors (Lipinski definition) is 1. The lowest BCUT2D eigenvalue weighted by Crippen LogP contribution is -2.38. The molecule has 0 radical (unpaired) electrons. The van der Waals surface area contributed by atoms with Crippen LogP contribution in [0.1, 0.15) is 30.7 Å². The van der Waals surface area contributed by atoms with Crippen molar-refractivity contribution >= 4 is 0 Å². The molecule has 2 aromatic rings. The zero-order valence-electron chi connectivity index (χ0n) is 13.0. The number of ether oxygens (including phenoxy) is 1. The minimum Gasteiger partial charge on any atom is -0.496 e. The number of nitrogens with two attached hydrogens (primary N) is 1. The van der Waals surface area contributed by atoms with Gasteiger partial charge in [0.15, 0.2) is 0 Å². The summed E-state index contributed by atoms with van der Waals surface area (Å²) in [6.07, 6.45) is 2.59. The summed E-state index contributed by atoms with van der Waals surface area (Å²) >= 11 is 0. The molecule has 0 saturated carbocycles. The Hall–Kier alpha value is -1.78. The minimum absolute atomic E-state index is 0.0239. The Bertz CT molecular complexity index is 539. The fraction of sp³-hybridized carbons (Fsp3) is 0.412. The molecule has 1 heterocycles. The van der Waals surface area contributed by atoms with Gasteiger partial charge in [0.2, 0.25) is 0 Å². The third-order valence-corrected chi connectivity index (χ3v) is 3.80. The minimum atomic E-state index is 0.0239. The first-order chi connectivity index (χ1) is 10.2. The van der Waals surface area contributed by atoms with Crippen molar-refractivity contribution in [2.45, 2.75) is 32.0 Å². The van der Waals surface area contributed by atoms with E-state index >= 15 is 0 Å². The van der Waals surface area contributed by atoms with Gasteiger partial charge in [-0.1, -0.05) is 25.1 Å². The van der Waals surface area contributed by atoms with Gasteiger partial charge in [0, 0.05) is 18.2 Å². The van der Waals surface area contributed by atoms with Gasteiger partial charge >= 0.3 is 0 Å². The average molecular weight is 288 g/mol. The normalized spacial score (nSPS) is 14.1. The number of rotatable bonds is 7. The monoisotopic (exact) mass is 288 g/mol. The highest BCUT2D eigenvalue weighted by Gasteiger charge is 2.26. The first-order valence-electron chi connectivity index (χ1n) is 7.28. The second-order valence-electron chi connectivity index (χ2n) is 5.26. The number of nitrogens with zero attached hydrogens (tertiary/aromatic N) is 1. The molecule has 2 rings (SSSR count). The van der Waals surface area contributed by atoms with Crippen molar-refractivity contribution in [1.82, 2.24) is 4.90 Å². The number of para-hydroxylation sites is 1. The fourth-order valence-electron chi connectivity index (χ4n) is 2.64. The molecule has 0 aliphatic heterocycles. The molecule has 2 atom stereocenters. The summed E-state index contributed by atoms with van der Waals surface area (Å²) in [5.74, 6) is 1.80. The third kappa shape index (κ3) is 3.65. The van der Waals surface area contributed by atoms with Crippen LogP contribution in [0.3, 0.4) is 0 Å². The Kier molecular flexibility index (Phi) is 5.42. The summed E-state index contributed by atoms with van der Waals surface area (Å²) in [6, 6.07) is 12.0. The molecule has 2 unspecified atom stereocenters. The Balaban J connectivity index is 2.21. The lowest BCUT2D eigenvalue weighted by atomic mass is 10.0. The molecule has 1 aromatic heterocycles. The predicted molar refractivity (Wildman–Crippen MR) is 84.2 cm³/mol. The summed E-state index contributed by atoms with van der Waals surface area (Å²) in [6.45, 7) is 2.85. The number of methoxy groups -OCH3 is 1. The molecule has 1 aromatic carbocycles. The van der Waals surface area contributed by atoms with Gasteiger partial charge in [0.1, 0.15) is 11.5 Å². The van der Waals surface area contributed by atoms with Crippen molar-refractivity contribution in [3.63, 3.8) is 0 Å². The average Bonchev–Trinajstić information content (AvgIpc) is 3.01. The van der Waals surface area contributed by atoms with E-state index in [1.807, 2.05) is 30.3 Å². The second kappa shape index (κ2) is 7.29. The van der Waals surface area contributed by atoms with Crippen molar-refractivity contribution in [2.75, 3.05) is 14.2 Å². The van der Waals surface area contributed by atoms with Crippen molar-refractivity contribution < 1.29 is 9.15 Å². The van der Waals surface area contributed by atoms with Gasteiger partial charge < -0.3 is 14.9 Å². The van der Waals surface area contributed by atoms with E-state index in [1.54, 1.807) is 13.4 Å². The van der Waals surface area contributed by atoms with E-state index in [0.717, 1.165) is 30.0 Å². The molecule has 114 valence electrons. The van der Waals surface area contributed by atoms with E-state index in [9.17, 15) is 0 Å². The molecule has 0 fully saturated rings. The SMILES string of the molecule is CCC(N)C(c1ccco1)N(C)Cc1ccccc1OC. The Labute approximate surface area is 126 Å². The number of benzene rings is 1. The van der Waals surface area contributed by atoms with Crippen LogP contribution in [0.4, 0.5) is 0 Å². The number of likely N-dealkylation sites (N-methyl/N-ethyl adjacent to an activating group) is 1. The van der Waals surface area contributed by atoms with Gasteiger partial charge in [-0.2, -0.15) is 0 Å². The smallest absolute Gasteiger partial charge is 0.123 e. The molecular weight excluding hydrogens is 264 g/mol. The fourth-order valence-corrected chi connectivity index (χ4v) is 2.64. The largest absolute Gasteiger partial charge is 0.496 e. The summed E-state index contributed by atoms with van der Waals surface area (Å²) in [5.41, 5.74) is 7.44. The van der Waals surface area contributed by atoms with Gasteiger partial charge in [-0.05, 0) is 31.7 Å². The molecule has 4 heteroatoms. The van der Waals surface area contributed by atoms with Gasteiger partial charge in [0.05, 0.1) is 19.4 Å². The molecule has 0 bridgehead atoms. The highest BCUT2D eigenvalue weighted by atomic mass is 16.5. The van der Waals surface area contributed by atoms with E-state index in [0.29, 0.717) is 0 Å². The van der Waals surface area contributed by atoms with Crippen molar-refractivity contribution in [1.29, 1.82) is 0 Å². The number of furan rings is 1. The maximum absolute atomic E-state index is 6.30. The second-order valence-corrected chi connectivity index (χ2v) is 5.26. The molecule has 0 aliphatic carbocycles. The molecule has 0 saturated heterocycles. The van der Waals surface area contributed by atoms with E-state index in [4.69, 9.17) is 14.9 Å². The van der Waals surface area contributed by atoms with Crippen LogP contribution in [0.15, 0.2) is 47.1 Å². The lowest BCUT2D eigenvalue weighted by molar-refractivity contribution is 0.174. The Morgan fingerprint density at radius 1 is 1.24 bits per heavy atom. The molecule has 0 amide bonds. The lowest BCUT2D eigenvalue weighted by Gasteiger charge is -2.31. The zero-order valence-corrected chi connectivity index (χ0v) is 13.0. The summed E-state index contributed by atoms with van der Waals surface area (Å²) in [7, 11) is 3.76. The summed E-state index contributed by atoms with van der Waals surface area (Å²) in [4.78, 5) is 2.21. The van der Waals surface area contributed by atoms with Crippen LogP contribution in [0.2, 0.25) is 0 Å². The molecule has 21 heavy (non-hydrogen) atoms. The number of hydrogen-bond acceptors (Lipinski definition) is 4. The molecule has 0 spiro atoms. The van der Waals surface area contributed by atoms with Crippen LogP contribution in [0.25, 0.3) is 0 Å². The maximum Gasteiger partial charge on any atom is 0.123 e. The molecule has 0 aliphatic rings. The van der Waals surface area contributed by atoms with E-state index in [2.05, 4.69) is 24.9 Å². The maximum atomic E-state index is 6.30. The zero-order chi connectivity index (χ0) is 15.2. The van der Waals surface area contributed by atoms with Crippen LogP contribution < -0.4 is 10.5 Å². The summed E-state index contributed by atoms with van der Waals surface area (Å²) in [5, 5.41) is 0. The van der Waals surface area contributed by atoms with Crippen LogP contribution >= 0.6 is 0 Å². The van der Waals surface area contributed by atoms with Crippen LogP contribution in [-0.4, -0.2) is 25.1 Å². The van der Waals surface area contributed by atoms with Gasteiger partial charge in [-0.25, -0.2) is 0 Å². The van der Waals surface area contributed by atoms with Crippen LogP contribution in [-0.2, 0) is 6.54 Å². The summed E-state index contributed by atoms with van der Waals surface area (Å²) < 4.78 is 11.0. The van der Waals surface area contributed by atoms with Crippen LogP contribution in [0.5, 0.6) is 5.75 Å².